The van der Waals surface area contributed by atoms with Crippen LogP contribution in [0.15, 0.2) is 54.9 Å². The third kappa shape index (κ3) is 3.83. The highest BCUT2D eigenvalue weighted by Gasteiger charge is 2.17. The molecule has 1 amide bonds. The van der Waals surface area contributed by atoms with E-state index in [-0.39, 0.29) is 30.1 Å². The lowest BCUT2D eigenvalue weighted by molar-refractivity contribution is -0.123. The Balaban J connectivity index is 1.63. The summed E-state index contributed by atoms with van der Waals surface area (Å²) in [5.74, 6) is 0.707. The van der Waals surface area contributed by atoms with Crippen molar-refractivity contribution in [2.45, 2.75) is 19.9 Å². The van der Waals surface area contributed by atoms with Gasteiger partial charge in [-0.2, -0.15) is 5.10 Å². The van der Waals surface area contributed by atoms with E-state index in [4.69, 9.17) is 4.74 Å². The molecule has 134 valence electrons. The number of nitrogens with zero attached hydrogens (tertiary/aromatic N) is 3. The molecule has 26 heavy (non-hydrogen) atoms. The van der Waals surface area contributed by atoms with Crippen molar-refractivity contribution in [1.82, 2.24) is 20.1 Å². The van der Waals surface area contributed by atoms with E-state index in [1.807, 2.05) is 32.0 Å². The smallest absolute Gasteiger partial charge is 0.258 e. The largest absolute Gasteiger partial charge is 0.504 e. The zero-order valence-electron chi connectivity index (χ0n) is 14.6. The van der Waals surface area contributed by atoms with Gasteiger partial charge < -0.3 is 15.2 Å². The molecule has 7 heteroatoms. The molecule has 7 nitrogen and oxygen atoms in total. The van der Waals surface area contributed by atoms with E-state index < -0.39 is 0 Å². The zero-order chi connectivity index (χ0) is 18.5. The summed E-state index contributed by atoms with van der Waals surface area (Å²) < 4.78 is 7.08. The minimum absolute atomic E-state index is 0.000769. The number of phenolic OH excluding ortho intramolecular Hbond substituents is 1. The second-order valence-electron chi connectivity index (χ2n) is 5.83. The number of carbonyl (C=O) groups is 1. The van der Waals surface area contributed by atoms with Gasteiger partial charge in [0, 0.05) is 17.5 Å². The normalized spacial score (nSPS) is 11.8. The van der Waals surface area contributed by atoms with Crippen molar-refractivity contribution in [3.63, 3.8) is 0 Å². The molecule has 0 radical (unpaired) electrons. The van der Waals surface area contributed by atoms with Crippen molar-refractivity contribution >= 4 is 5.91 Å². The van der Waals surface area contributed by atoms with Crippen LogP contribution in [0.5, 0.6) is 11.5 Å². The molecule has 0 aliphatic carbocycles. The predicted octanol–water partition coefficient (Wildman–Crippen LogP) is 2.54. The summed E-state index contributed by atoms with van der Waals surface area (Å²) in [6.45, 7) is 3.62. The van der Waals surface area contributed by atoms with Gasteiger partial charge in [0.05, 0.1) is 12.2 Å². The van der Waals surface area contributed by atoms with Crippen LogP contribution in [0.2, 0.25) is 0 Å². The van der Waals surface area contributed by atoms with Gasteiger partial charge in [-0.3, -0.25) is 4.79 Å². The van der Waals surface area contributed by atoms with Gasteiger partial charge in [-0.1, -0.05) is 18.2 Å². The maximum absolute atomic E-state index is 12.1. The summed E-state index contributed by atoms with van der Waals surface area (Å²) in [5, 5.41) is 16.9. The van der Waals surface area contributed by atoms with Crippen LogP contribution in [0.3, 0.4) is 0 Å². The number of amides is 1. The highest BCUT2D eigenvalue weighted by molar-refractivity contribution is 5.78. The molecule has 3 rings (SSSR count). The van der Waals surface area contributed by atoms with Crippen molar-refractivity contribution in [2.75, 3.05) is 6.61 Å². The molecule has 0 fully saturated rings. The van der Waals surface area contributed by atoms with Crippen molar-refractivity contribution < 1.29 is 14.6 Å². The van der Waals surface area contributed by atoms with E-state index in [0.717, 1.165) is 17.1 Å². The van der Waals surface area contributed by atoms with E-state index in [1.165, 1.54) is 6.07 Å². The summed E-state index contributed by atoms with van der Waals surface area (Å²) in [7, 11) is 0. The molecular formula is C19H20N4O3. The number of phenols is 1. The minimum atomic E-state index is -0.286. The van der Waals surface area contributed by atoms with E-state index in [9.17, 15) is 9.90 Å². The van der Waals surface area contributed by atoms with Crippen molar-refractivity contribution in [3.8, 4) is 17.3 Å². The number of rotatable bonds is 6. The molecule has 0 unspecified atom stereocenters. The van der Waals surface area contributed by atoms with Crippen LogP contribution < -0.4 is 10.1 Å². The first-order valence-corrected chi connectivity index (χ1v) is 8.22. The van der Waals surface area contributed by atoms with Crippen LogP contribution >= 0.6 is 0 Å². The predicted molar refractivity (Wildman–Crippen MR) is 96.3 cm³/mol. The Kier molecular flexibility index (Phi) is 5.17. The number of ether oxygens (including phenoxy) is 1. The molecule has 0 aliphatic heterocycles. The second-order valence-corrected chi connectivity index (χ2v) is 5.83. The standard InChI is InChI=1S/C19H20N4O3/c1-13(22-19(25)12-26-17-8-4-3-7-16(17)24)15-11-21-23(14(15)2)18-9-5-6-10-20-18/h3-11,13,24H,12H2,1-2H3,(H,22,25)/t13-/m0/s1. The van der Waals surface area contributed by atoms with E-state index in [0.29, 0.717) is 0 Å². The number of carbonyl (C=O) groups excluding carboxylic acids is 1. The molecule has 3 aromatic rings. The Hall–Kier alpha value is -3.35. The van der Waals surface area contributed by atoms with E-state index in [2.05, 4.69) is 15.4 Å². The highest BCUT2D eigenvalue weighted by Crippen LogP contribution is 2.24. The Bertz CT molecular complexity index is 893. The van der Waals surface area contributed by atoms with Crippen molar-refractivity contribution in [3.05, 3.63) is 66.1 Å². The van der Waals surface area contributed by atoms with Gasteiger partial charge in [0.15, 0.2) is 23.9 Å². The lowest BCUT2D eigenvalue weighted by Gasteiger charge is -2.14. The number of hydrogen-bond acceptors (Lipinski definition) is 5. The fourth-order valence-electron chi connectivity index (χ4n) is 2.64. The molecular weight excluding hydrogens is 332 g/mol. The van der Waals surface area contributed by atoms with Crippen LogP contribution in [-0.2, 0) is 4.79 Å². The Labute approximate surface area is 151 Å². The van der Waals surface area contributed by atoms with Crippen molar-refractivity contribution in [1.29, 1.82) is 0 Å². The molecule has 0 aliphatic rings. The first-order valence-electron chi connectivity index (χ1n) is 8.22. The first-order chi connectivity index (χ1) is 12.6. The Morgan fingerprint density at radius 2 is 2.04 bits per heavy atom. The van der Waals surface area contributed by atoms with Gasteiger partial charge >= 0.3 is 0 Å². The van der Waals surface area contributed by atoms with Gasteiger partial charge in [0.1, 0.15) is 0 Å². The van der Waals surface area contributed by atoms with Gasteiger partial charge in [0.2, 0.25) is 0 Å². The number of nitrogens with one attached hydrogen (secondary N) is 1. The Morgan fingerprint density at radius 3 is 2.77 bits per heavy atom. The van der Waals surface area contributed by atoms with E-state index >= 15 is 0 Å². The molecule has 2 aromatic heterocycles. The number of pyridine rings is 1. The second kappa shape index (κ2) is 7.69. The zero-order valence-corrected chi connectivity index (χ0v) is 14.6. The van der Waals surface area contributed by atoms with Gasteiger partial charge in [0.25, 0.3) is 5.91 Å². The fourth-order valence-corrected chi connectivity index (χ4v) is 2.64. The molecule has 2 N–H and O–H groups in total. The van der Waals surface area contributed by atoms with Crippen LogP contribution in [0.4, 0.5) is 0 Å². The van der Waals surface area contributed by atoms with E-state index in [1.54, 1.807) is 35.3 Å². The summed E-state index contributed by atoms with van der Waals surface area (Å²) in [5.41, 5.74) is 1.80. The molecule has 0 spiro atoms. The molecule has 1 atom stereocenters. The molecule has 1 aromatic carbocycles. The lowest BCUT2D eigenvalue weighted by atomic mass is 10.1. The third-order valence-electron chi connectivity index (χ3n) is 3.98. The maximum atomic E-state index is 12.1. The Morgan fingerprint density at radius 1 is 1.27 bits per heavy atom. The average molecular weight is 352 g/mol. The lowest BCUT2D eigenvalue weighted by Crippen LogP contribution is -2.31. The average Bonchev–Trinajstić information content (AvgIpc) is 3.03. The molecule has 0 saturated carbocycles. The molecule has 0 saturated heterocycles. The van der Waals surface area contributed by atoms with Gasteiger partial charge in [-0.15, -0.1) is 0 Å². The number of aromatic nitrogens is 3. The quantitative estimate of drug-likeness (QED) is 0.712. The van der Waals surface area contributed by atoms with Crippen LogP contribution in [0.1, 0.15) is 24.2 Å². The summed E-state index contributed by atoms with van der Waals surface area (Å²) in [6.07, 6.45) is 3.43. The van der Waals surface area contributed by atoms with Crippen LogP contribution in [0.25, 0.3) is 5.82 Å². The molecule has 2 heterocycles. The number of aromatic hydroxyl groups is 1. The van der Waals surface area contributed by atoms with Gasteiger partial charge in [-0.05, 0) is 38.1 Å². The molecule has 0 bridgehead atoms. The minimum Gasteiger partial charge on any atom is -0.504 e. The summed E-state index contributed by atoms with van der Waals surface area (Å²) >= 11 is 0. The maximum Gasteiger partial charge on any atom is 0.258 e. The van der Waals surface area contributed by atoms with Crippen molar-refractivity contribution in [2.24, 2.45) is 0 Å². The van der Waals surface area contributed by atoms with Gasteiger partial charge in [-0.25, -0.2) is 9.67 Å². The third-order valence-corrected chi connectivity index (χ3v) is 3.98. The first kappa shape index (κ1) is 17.5. The SMILES string of the molecule is Cc1c([C@H](C)NC(=O)COc2ccccc2O)cnn1-c1ccccn1. The summed E-state index contributed by atoms with van der Waals surface area (Å²) in [6, 6.07) is 11.9. The van der Waals surface area contributed by atoms with Crippen LogP contribution in [-0.4, -0.2) is 32.4 Å². The topological polar surface area (TPSA) is 89.3 Å². The monoisotopic (exact) mass is 352 g/mol. The number of benzene rings is 1. The fraction of sp³-hybridized carbons (Fsp3) is 0.211. The number of hydrogen-bond donors (Lipinski definition) is 2. The van der Waals surface area contributed by atoms with Crippen LogP contribution in [0, 0.1) is 6.92 Å². The summed E-state index contributed by atoms with van der Waals surface area (Å²) in [4.78, 5) is 16.4. The highest BCUT2D eigenvalue weighted by atomic mass is 16.5. The number of para-hydroxylation sites is 2.